The van der Waals surface area contributed by atoms with E-state index in [4.69, 9.17) is 28.4 Å². The molecule has 0 saturated carbocycles. The molecule has 6 heterocycles. The summed E-state index contributed by atoms with van der Waals surface area (Å²) in [6.45, 7) is 0. The van der Waals surface area contributed by atoms with Crippen molar-refractivity contribution in [3.63, 3.8) is 0 Å². The zero-order valence-corrected chi connectivity index (χ0v) is 42.7. The Hall–Kier alpha value is -10.4. The molecule has 430 valence electrons. The van der Waals surface area contributed by atoms with Gasteiger partial charge in [0.1, 0.15) is 81.9 Å². The summed E-state index contributed by atoms with van der Waals surface area (Å²) in [6.07, 6.45) is -11.0. The van der Waals surface area contributed by atoms with Gasteiger partial charge in [0.05, 0.1) is 29.4 Å². The fourth-order valence-corrected chi connectivity index (χ4v) is 12.9. The first kappa shape index (κ1) is 51.7. The van der Waals surface area contributed by atoms with Crippen LogP contribution in [-0.2, 0) is 18.0 Å². The van der Waals surface area contributed by atoms with Gasteiger partial charge in [0.15, 0.2) is 63.6 Å². The Morgan fingerprint density at radius 3 is 1.40 bits per heavy atom. The van der Waals surface area contributed by atoms with Gasteiger partial charge in [-0.05, 0) is 77.9 Å². The fourth-order valence-electron chi connectivity index (χ4n) is 12.9. The largest absolute Gasteiger partial charge is 0.508 e. The Kier molecular flexibility index (Phi) is 10.8. The second kappa shape index (κ2) is 17.6. The predicted octanol–water partition coefficient (Wildman–Crippen LogP) is 5.49. The van der Waals surface area contributed by atoms with Gasteiger partial charge in [-0.1, -0.05) is 12.1 Å². The smallest absolute Gasteiger partial charge is 0.305 e. The van der Waals surface area contributed by atoms with E-state index < -0.39 is 164 Å². The Morgan fingerprint density at radius 2 is 0.833 bits per heavy atom. The van der Waals surface area contributed by atoms with E-state index in [0.29, 0.717) is 0 Å². The van der Waals surface area contributed by atoms with Gasteiger partial charge in [-0.2, -0.15) is 0 Å². The van der Waals surface area contributed by atoms with Crippen LogP contribution >= 0.6 is 0 Å². The van der Waals surface area contributed by atoms with Crippen LogP contribution in [0.4, 0.5) is 0 Å². The molecular weight excluding hydrogens is 1100 g/mol. The van der Waals surface area contributed by atoms with Crippen LogP contribution in [0.5, 0.6) is 115 Å². The highest BCUT2D eigenvalue weighted by atomic mass is 16.7. The van der Waals surface area contributed by atoms with Crippen LogP contribution in [0.3, 0.4) is 0 Å². The standard InChI is InChI=1S/C60H46O24/c61-23-13-35(71)43-40(14-23)81-59(21-3-7-28(64)33(69)11-21)57(77)47(43)49-54-25(16-39(75)55(49)83-59)42(50(76)52(80-54)20-2-6-27(63)32(68)10-20)44-36(72)17-37(73)45-48-46-41(82-60(58(48)78,84-56(44)45)22-4-8-29(65)34(70)12-22)18-30(66)24-15-38(74)51(79-53(24)46)19-1-5-26(62)31(67)9-19/h1-14,16-18,38,42,47-48,50-52,57-58,61-78H,15H2/t38-,42+,47-,48+,50+,51+,52-,57-,58+,59+,60+/m1/s1. The number of phenolic OH excluding ortho intramolecular Hbond substituents is 14. The molecule has 0 aliphatic carbocycles. The molecule has 0 aromatic heterocycles. The molecule has 18 N–H and O–H groups in total. The number of hydrogen-bond donors (Lipinski definition) is 18. The summed E-state index contributed by atoms with van der Waals surface area (Å²) < 4.78 is 39.6. The van der Waals surface area contributed by atoms with Crippen molar-refractivity contribution in [3.8, 4) is 115 Å². The molecule has 0 radical (unpaired) electrons. The first-order valence-electron chi connectivity index (χ1n) is 25.8. The van der Waals surface area contributed by atoms with Crippen LogP contribution in [-0.4, -0.2) is 116 Å². The summed E-state index contributed by atoms with van der Waals surface area (Å²) in [5.74, 6) is -21.6. The van der Waals surface area contributed by atoms with Crippen LogP contribution < -0.4 is 28.4 Å². The molecule has 4 bridgehead atoms. The summed E-state index contributed by atoms with van der Waals surface area (Å²) in [6, 6.07) is 18.6. The van der Waals surface area contributed by atoms with E-state index in [9.17, 15) is 91.9 Å². The maximum atomic E-state index is 13.1. The summed E-state index contributed by atoms with van der Waals surface area (Å²) in [5, 5.41) is 207. The number of rotatable bonds is 5. The molecular formula is C60H46O24. The highest BCUT2D eigenvalue weighted by molar-refractivity contribution is 5.75. The van der Waals surface area contributed by atoms with Crippen molar-refractivity contribution in [3.05, 3.63) is 164 Å². The Balaban J connectivity index is 1.04. The van der Waals surface area contributed by atoms with Gasteiger partial charge in [0.2, 0.25) is 0 Å². The molecule has 0 amide bonds. The van der Waals surface area contributed by atoms with Crippen LogP contribution in [0.25, 0.3) is 0 Å². The summed E-state index contributed by atoms with van der Waals surface area (Å²) in [5.41, 5.74) is -2.01. The summed E-state index contributed by atoms with van der Waals surface area (Å²) >= 11 is 0. The highest BCUT2D eigenvalue weighted by Crippen LogP contribution is 2.68. The molecule has 8 aromatic carbocycles. The molecule has 0 unspecified atom stereocenters. The van der Waals surface area contributed by atoms with Gasteiger partial charge in [-0.25, -0.2) is 0 Å². The lowest BCUT2D eigenvalue weighted by Gasteiger charge is -2.52. The van der Waals surface area contributed by atoms with E-state index in [1.165, 1.54) is 24.3 Å². The van der Waals surface area contributed by atoms with Gasteiger partial charge in [-0.3, -0.25) is 0 Å². The number of hydrogen-bond acceptors (Lipinski definition) is 24. The van der Waals surface area contributed by atoms with Crippen molar-refractivity contribution in [1.29, 1.82) is 0 Å². The maximum Gasteiger partial charge on any atom is 0.305 e. The lowest BCUT2D eigenvalue weighted by Crippen LogP contribution is -2.58. The molecule has 6 aliphatic rings. The van der Waals surface area contributed by atoms with Crippen LogP contribution in [0.2, 0.25) is 0 Å². The number of aliphatic hydroxyl groups excluding tert-OH is 4. The lowest BCUT2D eigenvalue weighted by molar-refractivity contribution is -0.219. The molecule has 0 fully saturated rings. The molecule has 14 rings (SSSR count). The van der Waals surface area contributed by atoms with E-state index in [1.54, 1.807) is 0 Å². The molecule has 0 saturated heterocycles. The minimum Gasteiger partial charge on any atom is -0.508 e. The van der Waals surface area contributed by atoms with E-state index in [2.05, 4.69) is 0 Å². The average molecular weight is 1150 g/mol. The van der Waals surface area contributed by atoms with Gasteiger partial charge < -0.3 is 120 Å². The van der Waals surface area contributed by atoms with Crippen LogP contribution in [0, 0.1) is 0 Å². The number of benzene rings is 8. The number of aromatic hydroxyl groups is 14. The summed E-state index contributed by atoms with van der Waals surface area (Å²) in [4.78, 5) is 0. The van der Waals surface area contributed by atoms with E-state index in [1.807, 2.05) is 0 Å². The molecule has 84 heavy (non-hydrogen) atoms. The summed E-state index contributed by atoms with van der Waals surface area (Å²) in [7, 11) is 0. The molecule has 24 heteroatoms. The van der Waals surface area contributed by atoms with Gasteiger partial charge >= 0.3 is 11.6 Å². The normalized spacial score (nSPS) is 26.3. The van der Waals surface area contributed by atoms with Crippen molar-refractivity contribution in [2.45, 2.75) is 72.4 Å². The molecule has 0 spiro atoms. The Morgan fingerprint density at radius 1 is 0.345 bits per heavy atom. The number of phenols is 14. The van der Waals surface area contributed by atoms with Crippen molar-refractivity contribution >= 4 is 0 Å². The second-order valence-corrected chi connectivity index (χ2v) is 21.4. The minimum atomic E-state index is -2.65. The number of ether oxygens (including phenoxy) is 6. The quantitative estimate of drug-likeness (QED) is 0.0947. The zero-order valence-electron chi connectivity index (χ0n) is 42.7. The third-order valence-electron chi connectivity index (χ3n) is 16.7. The van der Waals surface area contributed by atoms with Crippen molar-refractivity contribution in [1.82, 2.24) is 0 Å². The van der Waals surface area contributed by atoms with E-state index in [0.717, 1.165) is 78.9 Å². The molecule has 24 nitrogen and oxygen atoms in total. The van der Waals surface area contributed by atoms with E-state index >= 15 is 0 Å². The second-order valence-electron chi connectivity index (χ2n) is 21.4. The first-order valence-corrected chi connectivity index (χ1v) is 25.8. The molecule has 6 aliphatic heterocycles. The monoisotopic (exact) mass is 1150 g/mol. The van der Waals surface area contributed by atoms with Gasteiger partial charge in [0.25, 0.3) is 0 Å². The SMILES string of the molecule is Oc1cc(O)c2c(c1)O[C@@]1(c3ccc(O)c(O)c3)Oc3c(O)cc4c(c3[C@@H]2[C@H]1O)O[C@H](c1ccc(O)c(O)c1)[C@@H](O)[C@@H]4c1c(O)cc(O)c2c1O[C@]1(c3ccc(O)c(O)c3)Oc3cc(O)c4c(c3[C@H]2[C@@H]1O)O[C@@H](c1ccc(O)c(O)c1)[C@H](O)C4. The van der Waals surface area contributed by atoms with Crippen molar-refractivity contribution in [2.24, 2.45) is 0 Å². The third-order valence-corrected chi connectivity index (χ3v) is 16.7. The predicted molar refractivity (Wildman–Crippen MR) is 281 cm³/mol. The number of aliphatic hydroxyl groups is 4. The van der Waals surface area contributed by atoms with Gasteiger partial charge in [-0.15, -0.1) is 0 Å². The zero-order chi connectivity index (χ0) is 59.1. The fraction of sp³-hybridized carbons (Fsp3) is 0.200. The van der Waals surface area contributed by atoms with Crippen molar-refractivity contribution < 1.29 is 120 Å². The minimum absolute atomic E-state index is 0.0294. The Bertz CT molecular complexity index is 4180. The lowest BCUT2D eigenvalue weighted by atomic mass is 9.70. The van der Waals surface area contributed by atoms with Crippen molar-refractivity contribution in [2.75, 3.05) is 0 Å². The average Bonchev–Trinajstić information content (AvgIpc) is 0.714. The maximum absolute atomic E-state index is 13.1. The number of fused-ring (bicyclic) bond motifs is 16. The molecule has 11 atom stereocenters. The third kappa shape index (κ3) is 7.01. The highest BCUT2D eigenvalue weighted by Gasteiger charge is 2.64. The topological polar surface area (TPSA) is 420 Å². The van der Waals surface area contributed by atoms with Crippen LogP contribution in [0.15, 0.2) is 103 Å². The van der Waals surface area contributed by atoms with E-state index in [-0.39, 0.29) is 85.1 Å². The van der Waals surface area contributed by atoms with Gasteiger partial charge in [0, 0.05) is 75.2 Å². The molecule has 8 aromatic rings. The Labute approximate surface area is 470 Å². The van der Waals surface area contributed by atoms with Crippen LogP contribution in [0.1, 0.15) is 91.2 Å². The first-order chi connectivity index (χ1) is 40.0.